The predicted octanol–water partition coefficient (Wildman–Crippen LogP) is 3.02. The summed E-state index contributed by atoms with van der Waals surface area (Å²) in [5, 5.41) is 13.2. The van der Waals surface area contributed by atoms with Crippen molar-refractivity contribution < 1.29 is 9.32 Å². The fraction of sp³-hybridized carbons (Fsp3) is 0.565. The molecule has 1 saturated carbocycles. The molecule has 1 aliphatic heterocycles. The average molecular weight is 427 g/mol. The second-order valence-corrected chi connectivity index (χ2v) is 10.4. The number of aliphatic hydroxyl groups is 1. The minimum absolute atomic E-state index is 0.0638. The van der Waals surface area contributed by atoms with E-state index in [1.165, 1.54) is 29.5 Å². The zero-order valence-corrected chi connectivity index (χ0v) is 18.4. The number of nitrogens with one attached hydrogen (secondary N) is 1. The molecule has 2 heterocycles. The molecule has 5 rings (SSSR count). The summed E-state index contributed by atoms with van der Waals surface area (Å²) in [4.78, 5) is 12.1. The minimum Gasteiger partial charge on any atom is -0.394 e. The van der Waals surface area contributed by atoms with Crippen molar-refractivity contribution in [3.05, 3.63) is 41.1 Å². The van der Waals surface area contributed by atoms with Crippen LogP contribution in [0.15, 0.2) is 29.3 Å². The lowest BCUT2D eigenvalue weighted by molar-refractivity contribution is 0.143. The van der Waals surface area contributed by atoms with Crippen LogP contribution in [0.5, 0.6) is 0 Å². The molecule has 30 heavy (non-hydrogen) atoms. The van der Waals surface area contributed by atoms with Crippen molar-refractivity contribution in [1.29, 1.82) is 0 Å². The van der Waals surface area contributed by atoms with Crippen LogP contribution in [0.4, 0.5) is 11.8 Å². The van der Waals surface area contributed by atoms with Gasteiger partial charge in [-0.05, 0) is 67.6 Å². The molecule has 0 spiro atoms. The zero-order chi connectivity index (χ0) is 20.7. The Labute approximate surface area is 180 Å². The Morgan fingerprint density at radius 3 is 2.57 bits per heavy atom. The van der Waals surface area contributed by atoms with Crippen LogP contribution in [0.2, 0.25) is 0 Å². The minimum atomic E-state index is -1.19. The summed E-state index contributed by atoms with van der Waals surface area (Å²) >= 11 is 0. The van der Waals surface area contributed by atoms with Gasteiger partial charge < -0.3 is 15.3 Å². The molecule has 160 valence electrons. The van der Waals surface area contributed by atoms with Crippen LogP contribution < -0.4 is 10.2 Å². The Morgan fingerprint density at radius 2 is 2.00 bits per heavy atom. The fourth-order valence-electron chi connectivity index (χ4n) is 4.87. The van der Waals surface area contributed by atoms with Crippen molar-refractivity contribution in [3.63, 3.8) is 0 Å². The van der Waals surface area contributed by atoms with Gasteiger partial charge in [0.2, 0.25) is 5.95 Å². The predicted molar refractivity (Wildman–Crippen MR) is 120 cm³/mol. The van der Waals surface area contributed by atoms with Gasteiger partial charge in [-0.15, -0.1) is 0 Å². The molecule has 0 radical (unpaired) electrons. The molecule has 1 saturated heterocycles. The van der Waals surface area contributed by atoms with Gasteiger partial charge in [0.05, 0.1) is 34.0 Å². The van der Waals surface area contributed by atoms with Crippen LogP contribution in [-0.2, 0) is 23.6 Å². The van der Waals surface area contributed by atoms with Crippen molar-refractivity contribution in [2.75, 3.05) is 36.2 Å². The van der Waals surface area contributed by atoms with Gasteiger partial charge in [0.15, 0.2) is 0 Å². The highest BCUT2D eigenvalue weighted by Crippen LogP contribution is 2.37. The highest BCUT2D eigenvalue weighted by Gasteiger charge is 2.37. The SMILES string of the molecule is C[S@@](=O)c1cnc(N2CCC(c3ccc4c(c3)CC4)CC2)nc1NC1(CO)CCC1. The van der Waals surface area contributed by atoms with E-state index in [0.29, 0.717) is 22.6 Å². The van der Waals surface area contributed by atoms with E-state index in [0.717, 1.165) is 45.2 Å². The van der Waals surface area contributed by atoms with Gasteiger partial charge in [0.25, 0.3) is 0 Å². The first-order valence-electron chi connectivity index (χ1n) is 11.0. The quantitative estimate of drug-likeness (QED) is 0.739. The summed E-state index contributed by atoms with van der Waals surface area (Å²) in [6.45, 7) is 1.90. The molecule has 1 atom stereocenters. The maximum Gasteiger partial charge on any atom is 0.227 e. The van der Waals surface area contributed by atoms with Crippen molar-refractivity contribution in [1.82, 2.24) is 9.97 Å². The first kappa shape index (κ1) is 19.9. The maximum atomic E-state index is 12.2. The van der Waals surface area contributed by atoms with Crippen molar-refractivity contribution >= 4 is 22.6 Å². The highest BCUT2D eigenvalue weighted by atomic mass is 32.2. The number of piperidine rings is 1. The lowest BCUT2D eigenvalue weighted by atomic mass is 9.77. The number of anilines is 2. The normalized spacial score (nSPS) is 21.3. The number of hydrogen-bond donors (Lipinski definition) is 2. The zero-order valence-electron chi connectivity index (χ0n) is 17.6. The maximum absolute atomic E-state index is 12.2. The second-order valence-electron chi connectivity index (χ2n) is 9.04. The second kappa shape index (κ2) is 7.93. The van der Waals surface area contributed by atoms with Crippen LogP contribution in [-0.4, -0.2) is 50.8 Å². The van der Waals surface area contributed by atoms with E-state index in [-0.39, 0.29) is 12.1 Å². The van der Waals surface area contributed by atoms with Crippen LogP contribution in [0.1, 0.15) is 54.7 Å². The van der Waals surface area contributed by atoms with E-state index in [1.807, 2.05) is 0 Å². The Kier molecular flexibility index (Phi) is 5.27. The van der Waals surface area contributed by atoms with Crippen molar-refractivity contribution in [2.45, 2.75) is 61.3 Å². The van der Waals surface area contributed by atoms with E-state index >= 15 is 0 Å². The Morgan fingerprint density at radius 1 is 1.23 bits per heavy atom. The number of benzene rings is 1. The summed E-state index contributed by atoms with van der Waals surface area (Å²) in [7, 11) is -1.19. The van der Waals surface area contributed by atoms with Crippen LogP contribution in [0, 0.1) is 0 Å². The summed E-state index contributed by atoms with van der Waals surface area (Å²) in [5.74, 6) is 1.90. The molecule has 1 aromatic carbocycles. The number of rotatable bonds is 6. The topological polar surface area (TPSA) is 78.4 Å². The van der Waals surface area contributed by atoms with Crippen molar-refractivity contribution in [3.8, 4) is 0 Å². The molecule has 6 nitrogen and oxygen atoms in total. The molecule has 0 unspecified atom stereocenters. The monoisotopic (exact) mass is 426 g/mol. The van der Waals surface area contributed by atoms with Gasteiger partial charge in [-0.25, -0.2) is 4.98 Å². The van der Waals surface area contributed by atoms with Crippen LogP contribution >= 0.6 is 0 Å². The van der Waals surface area contributed by atoms with Gasteiger partial charge >= 0.3 is 0 Å². The summed E-state index contributed by atoms with van der Waals surface area (Å²) < 4.78 is 12.2. The molecule has 1 aromatic heterocycles. The lowest BCUT2D eigenvalue weighted by Crippen LogP contribution is -2.48. The van der Waals surface area contributed by atoms with Gasteiger partial charge in [0.1, 0.15) is 5.82 Å². The molecule has 3 aliphatic rings. The highest BCUT2D eigenvalue weighted by molar-refractivity contribution is 7.84. The first-order chi connectivity index (χ1) is 14.6. The van der Waals surface area contributed by atoms with E-state index in [2.05, 4.69) is 33.4 Å². The Bertz CT molecular complexity index is 962. The van der Waals surface area contributed by atoms with Gasteiger partial charge in [-0.1, -0.05) is 18.2 Å². The number of aromatic nitrogens is 2. The Balaban J connectivity index is 1.31. The largest absolute Gasteiger partial charge is 0.394 e. The molecule has 2 aromatic rings. The number of fused-ring (bicyclic) bond motifs is 1. The van der Waals surface area contributed by atoms with E-state index in [4.69, 9.17) is 4.98 Å². The number of hydrogen-bond acceptors (Lipinski definition) is 6. The van der Waals surface area contributed by atoms with Crippen LogP contribution in [0.25, 0.3) is 0 Å². The smallest absolute Gasteiger partial charge is 0.227 e. The Hall–Kier alpha value is -1.99. The van der Waals surface area contributed by atoms with Crippen LogP contribution in [0.3, 0.4) is 0 Å². The van der Waals surface area contributed by atoms with Crippen molar-refractivity contribution in [2.24, 2.45) is 0 Å². The van der Waals surface area contributed by atoms with E-state index < -0.39 is 10.8 Å². The van der Waals surface area contributed by atoms with Gasteiger partial charge in [-0.3, -0.25) is 4.21 Å². The summed E-state index contributed by atoms with van der Waals surface area (Å²) in [6, 6.07) is 7.04. The third-order valence-electron chi connectivity index (χ3n) is 7.19. The summed E-state index contributed by atoms with van der Waals surface area (Å²) in [6.07, 6.45) is 10.9. The fourth-order valence-corrected chi connectivity index (χ4v) is 5.44. The lowest BCUT2D eigenvalue weighted by Gasteiger charge is -2.41. The first-order valence-corrected chi connectivity index (χ1v) is 12.6. The molecule has 2 fully saturated rings. The standard InChI is InChI=1S/C23H30N4O2S/c1-30(29)20-14-24-22(25-21(20)26-23(15-28)9-2-10-23)27-11-7-17(8-12-27)19-6-4-16-3-5-18(16)13-19/h4,6,13-14,17,28H,2-3,5,7-12,15H2,1H3,(H,24,25,26)/t30-/m1/s1. The number of aryl methyl sites for hydroxylation is 2. The third kappa shape index (κ3) is 3.62. The average Bonchev–Trinajstić information content (AvgIpc) is 2.71. The number of nitrogens with zero attached hydrogens (tertiary/aromatic N) is 3. The molecule has 0 bridgehead atoms. The molecule has 2 N–H and O–H groups in total. The molecule has 0 amide bonds. The van der Waals surface area contributed by atoms with E-state index in [9.17, 15) is 9.32 Å². The number of aliphatic hydroxyl groups excluding tert-OH is 1. The molecular weight excluding hydrogens is 396 g/mol. The van der Waals surface area contributed by atoms with Gasteiger partial charge in [0, 0.05) is 19.3 Å². The molecule has 2 aliphatic carbocycles. The molecular formula is C23H30N4O2S. The van der Waals surface area contributed by atoms with E-state index in [1.54, 1.807) is 12.5 Å². The summed E-state index contributed by atoms with van der Waals surface area (Å²) in [5.41, 5.74) is 4.20. The molecule has 7 heteroatoms. The van der Waals surface area contributed by atoms with Gasteiger partial charge in [-0.2, -0.15) is 4.98 Å². The third-order valence-corrected chi connectivity index (χ3v) is 8.11.